The van der Waals surface area contributed by atoms with E-state index in [1.54, 1.807) is 0 Å². The lowest BCUT2D eigenvalue weighted by Crippen LogP contribution is -2.23. The van der Waals surface area contributed by atoms with E-state index in [-0.39, 0.29) is 5.91 Å². The Morgan fingerprint density at radius 1 is 1.05 bits per heavy atom. The molecule has 4 heteroatoms. The van der Waals surface area contributed by atoms with Gasteiger partial charge in [0.05, 0.1) is 0 Å². The Hall–Kier alpha value is -1.55. The molecule has 1 aromatic rings. The van der Waals surface area contributed by atoms with Crippen molar-refractivity contribution < 1.29 is 4.79 Å². The molecule has 2 N–H and O–H groups in total. The number of hydrogen-bond acceptors (Lipinski definition) is 3. The lowest BCUT2D eigenvalue weighted by atomic mass is 10.2. The minimum Gasteiger partial charge on any atom is -0.372 e. The molecule has 1 amide bonds. The molecule has 0 radical (unpaired) electrons. The second-order valence-corrected chi connectivity index (χ2v) is 5.12. The van der Waals surface area contributed by atoms with Crippen LogP contribution in [0.15, 0.2) is 24.3 Å². The molecule has 0 aliphatic carbocycles. The average Bonchev–Trinajstić information content (AvgIpc) is 2.50. The van der Waals surface area contributed by atoms with Crippen molar-refractivity contribution in [1.82, 2.24) is 5.32 Å². The van der Waals surface area contributed by atoms with Crippen molar-refractivity contribution in [2.24, 2.45) is 0 Å². The van der Waals surface area contributed by atoms with Gasteiger partial charge in [-0.1, -0.05) is 13.3 Å². The maximum Gasteiger partial charge on any atom is 0.225 e. The van der Waals surface area contributed by atoms with Crippen molar-refractivity contribution in [2.75, 3.05) is 36.4 Å². The van der Waals surface area contributed by atoms with Crippen molar-refractivity contribution in [2.45, 2.75) is 40.0 Å². The second-order valence-electron chi connectivity index (χ2n) is 5.12. The van der Waals surface area contributed by atoms with E-state index in [1.807, 2.05) is 12.1 Å². The summed E-state index contributed by atoms with van der Waals surface area (Å²) < 4.78 is 0. The van der Waals surface area contributed by atoms with Crippen LogP contribution in [0.5, 0.6) is 0 Å². The molecule has 0 atom stereocenters. The summed E-state index contributed by atoms with van der Waals surface area (Å²) >= 11 is 0. The predicted octanol–water partition coefficient (Wildman–Crippen LogP) is 3.25. The number of nitrogens with one attached hydrogen (secondary N) is 2. The second kappa shape index (κ2) is 10.2. The summed E-state index contributed by atoms with van der Waals surface area (Å²) in [5.41, 5.74) is 2.06. The Kier molecular flexibility index (Phi) is 8.51. The molecule has 0 aliphatic heterocycles. The first-order chi connectivity index (χ1) is 10.2. The van der Waals surface area contributed by atoms with E-state index in [9.17, 15) is 4.79 Å². The number of amides is 1. The van der Waals surface area contributed by atoms with E-state index in [1.165, 1.54) is 12.1 Å². The summed E-state index contributed by atoms with van der Waals surface area (Å²) in [4.78, 5) is 14.1. The fourth-order valence-corrected chi connectivity index (χ4v) is 2.20. The van der Waals surface area contributed by atoms with Crippen molar-refractivity contribution in [3.8, 4) is 0 Å². The summed E-state index contributed by atoms with van der Waals surface area (Å²) in [5, 5.41) is 6.21. The predicted molar refractivity (Wildman–Crippen MR) is 91.0 cm³/mol. The monoisotopic (exact) mass is 291 g/mol. The van der Waals surface area contributed by atoms with Crippen LogP contribution >= 0.6 is 0 Å². The van der Waals surface area contributed by atoms with E-state index in [0.29, 0.717) is 6.42 Å². The van der Waals surface area contributed by atoms with E-state index >= 15 is 0 Å². The molecule has 0 heterocycles. The highest BCUT2D eigenvalue weighted by Crippen LogP contribution is 2.17. The zero-order valence-electron chi connectivity index (χ0n) is 13.6. The summed E-state index contributed by atoms with van der Waals surface area (Å²) in [5.74, 6) is 0.0644. The first-order valence-corrected chi connectivity index (χ1v) is 8.06. The third-order valence-electron chi connectivity index (χ3n) is 3.52. The van der Waals surface area contributed by atoms with E-state index in [2.05, 4.69) is 48.4 Å². The summed E-state index contributed by atoms with van der Waals surface area (Å²) in [7, 11) is 0. The van der Waals surface area contributed by atoms with Crippen molar-refractivity contribution in [3.63, 3.8) is 0 Å². The van der Waals surface area contributed by atoms with Crippen LogP contribution in [0.3, 0.4) is 0 Å². The Bertz CT molecular complexity index is 399. The van der Waals surface area contributed by atoms with Gasteiger partial charge in [0.25, 0.3) is 0 Å². The molecule has 0 saturated carbocycles. The van der Waals surface area contributed by atoms with Gasteiger partial charge in [-0.3, -0.25) is 4.79 Å². The van der Waals surface area contributed by atoms with Crippen LogP contribution < -0.4 is 15.5 Å². The number of anilines is 2. The summed E-state index contributed by atoms with van der Waals surface area (Å²) in [6.45, 7) is 10.2. The lowest BCUT2D eigenvalue weighted by Gasteiger charge is -2.21. The van der Waals surface area contributed by atoms with Crippen LogP contribution in [-0.4, -0.2) is 32.1 Å². The van der Waals surface area contributed by atoms with Crippen LogP contribution in [0.2, 0.25) is 0 Å². The van der Waals surface area contributed by atoms with E-state index < -0.39 is 0 Å². The van der Waals surface area contributed by atoms with Crippen LogP contribution in [-0.2, 0) is 4.79 Å². The normalized spacial score (nSPS) is 10.4. The first kappa shape index (κ1) is 17.5. The number of carbonyl (C=O) groups excluding carboxylic acids is 1. The molecule has 0 fully saturated rings. The fraction of sp³-hybridized carbons (Fsp3) is 0.588. The number of hydrogen-bond donors (Lipinski definition) is 2. The van der Waals surface area contributed by atoms with Gasteiger partial charge in [0.2, 0.25) is 5.91 Å². The SMILES string of the molecule is CCCCNCCC(=O)Nc1ccc(N(CC)CC)cc1. The number of benzene rings is 1. The van der Waals surface area contributed by atoms with Crippen LogP contribution in [0.1, 0.15) is 40.0 Å². The molecule has 0 aliphatic rings. The number of unbranched alkanes of at least 4 members (excludes halogenated alkanes) is 1. The molecule has 0 aromatic heterocycles. The van der Waals surface area contributed by atoms with Crippen molar-refractivity contribution in [1.29, 1.82) is 0 Å². The molecule has 0 bridgehead atoms. The molecule has 4 nitrogen and oxygen atoms in total. The number of rotatable bonds is 10. The van der Waals surface area contributed by atoms with E-state index in [0.717, 1.165) is 38.3 Å². The highest BCUT2D eigenvalue weighted by atomic mass is 16.1. The molecule has 118 valence electrons. The van der Waals surface area contributed by atoms with Crippen molar-refractivity contribution in [3.05, 3.63) is 24.3 Å². The summed E-state index contributed by atoms with van der Waals surface area (Å²) in [6.07, 6.45) is 2.86. The molecular weight excluding hydrogens is 262 g/mol. The Morgan fingerprint density at radius 2 is 1.71 bits per heavy atom. The third kappa shape index (κ3) is 6.63. The largest absolute Gasteiger partial charge is 0.372 e. The van der Waals surface area contributed by atoms with Gasteiger partial charge in [0.15, 0.2) is 0 Å². The molecule has 1 rings (SSSR count). The highest BCUT2D eigenvalue weighted by molar-refractivity contribution is 5.91. The van der Waals surface area contributed by atoms with Gasteiger partial charge in [-0.2, -0.15) is 0 Å². The van der Waals surface area contributed by atoms with Gasteiger partial charge in [-0.15, -0.1) is 0 Å². The standard InChI is InChI=1S/C17H29N3O/c1-4-7-13-18-14-12-17(21)19-15-8-10-16(11-9-15)20(5-2)6-3/h8-11,18H,4-7,12-14H2,1-3H3,(H,19,21). The van der Waals surface area contributed by atoms with Gasteiger partial charge in [0.1, 0.15) is 0 Å². The molecule has 0 saturated heterocycles. The zero-order chi connectivity index (χ0) is 15.5. The minimum atomic E-state index is 0.0644. The zero-order valence-corrected chi connectivity index (χ0v) is 13.6. The van der Waals surface area contributed by atoms with Crippen molar-refractivity contribution >= 4 is 17.3 Å². The lowest BCUT2D eigenvalue weighted by molar-refractivity contribution is -0.116. The maximum atomic E-state index is 11.8. The quantitative estimate of drug-likeness (QED) is 0.650. The molecule has 0 unspecified atom stereocenters. The minimum absolute atomic E-state index is 0.0644. The van der Waals surface area contributed by atoms with Gasteiger partial charge in [-0.25, -0.2) is 0 Å². The van der Waals surface area contributed by atoms with Crippen LogP contribution in [0.25, 0.3) is 0 Å². The van der Waals surface area contributed by atoms with E-state index in [4.69, 9.17) is 0 Å². The first-order valence-electron chi connectivity index (χ1n) is 8.06. The Morgan fingerprint density at radius 3 is 2.29 bits per heavy atom. The van der Waals surface area contributed by atoms with Crippen LogP contribution in [0, 0.1) is 0 Å². The average molecular weight is 291 g/mol. The smallest absolute Gasteiger partial charge is 0.225 e. The molecule has 1 aromatic carbocycles. The molecule has 21 heavy (non-hydrogen) atoms. The highest BCUT2D eigenvalue weighted by Gasteiger charge is 2.04. The maximum absolute atomic E-state index is 11.8. The number of carbonyl (C=O) groups is 1. The van der Waals surface area contributed by atoms with Crippen LogP contribution in [0.4, 0.5) is 11.4 Å². The molecule has 0 spiro atoms. The Balaban J connectivity index is 2.36. The Labute approximate surface area is 128 Å². The van der Waals surface area contributed by atoms with Gasteiger partial charge in [0, 0.05) is 37.4 Å². The van der Waals surface area contributed by atoms with Gasteiger partial charge in [-0.05, 0) is 51.1 Å². The summed E-state index contributed by atoms with van der Waals surface area (Å²) in [6, 6.07) is 8.05. The number of nitrogens with zero attached hydrogens (tertiary/aromatic N) is 1. The fourth-order valence-electron chi connectivity index (χ4n) is 2.20. The third-order valence-corrected chi connectivity index (χ3v) is 3.52. The van der Waals surface area contributed by atoms with Gasteiger partial charge >= 0.3 is 0 Å². The van der Waals surface area contributed by atoms with Gasteiger partial charge < -0.3 is 15.5 Å². The topological polar surface area (TPSA) is 44.4 Å². The molecular formula is C17H29N3O.